The van der Waals surface area contributed by atoms with Gasteiger partial charge < -0.3 is 10.1 Å². The summed E-state index contributed by atoms with van der Waals surface area (Å²) in [5, 5.41) is 9.20. The number of carbonyl (C=O) groups excluding carboxylic acids is 1. The van der Waals surface area contributed by atoms with Gasteiger partial charge in [0.2, 0.25) is 5.91 Å². The van der Waals surface area contributed by atoms with Crippen molar-refractivity contribution in [3.8, 4) is 0 Å². The fourth-order valence-electron chi connectivity index (χ4n) is 2.47. The molecule has 0 unspecified atom stereocenters. The summed E-state index contributed by atoms with van der Waals surface area (Å²) in [5.41, 5.74) is 1.82. The standard InChI is InChI=1S/C16H19N5O2S/c1-10-7-11(2)21-16(18-10)19-14(20-21)8-15(22)17-9-12(23-3)13-5-4-6-24-13/h4-7,12H,8-9H2,1-3H3,(H,17,22)/t12-/m1/s1. The number of hydrogen-bond donors (Lipinski definition) is 1. The van der Waals surface area contributed by atoms with E-state index in [0.717, 1.165) is 16.3 Å². The third kappa shape index (κ3) is 3.60. The van der Waals surface area contributed by atoms with Crippen molar-refractivity contribution in [2.24, 2.45) is 0 Å². The number of nitrogens with zero attached hydrogens (tertiary/aromatic N) is 4. The van der Waals surface area contributed by atoms with Crippen LogP contribution < -0.4 is 5.32 Å². The first-order chi connectivity index (χ1) is 11.6. The van der Waals surface area contributed by atoms with Crippen LogP contribution in [0.2, 0.25) is 0 Å². The van der Waals surface area contributed by atoms with Gasteiger partial charge in [-0.2, -0.15) is 4.98 Å². The third-order valence-corrected chi connectivity index (χ3v) is 4.57. The molecular formula is C16H19N5O2S. The molecule has 8 heteroatoms. The minimum absolute atomic E-state index is 0.114. The number of aromatic nitrogens is 4. The van der Waals surface area contributed by atoms with Crippen LogP contribution in [0, 0.1) is 13.8 Å². The predicted molar refractivity (Wildman–Crippen MR) is 91.0 cm³/mol. The number of amides is 1. The van der Waals surface area contributed by atoms with E-state index in [1.807, 2.05) is 37.4 Å². The molecule has 3 aromatic heterocycles. The Kier molecular flexibility index (Phi) is 4.86. The average Bonchev–Trinajstić information content (AvgIpc) is 3.17. The van der Waals surface area contributed by atoms with Gasteiger partial charge in [0.05, 0.1) is 6.42 Å². The molecule has 0 bridgehead atoms. The summed E-state index contributed by atoms with van der Waals surface area (Å²) in [7, 11) is 1.64. The van der Waals surface area contributed by atoms with E-state index < -0.39 is 0 Å². The number of hydrogen-bond acceptors (Lipinski definition) is 6. The topological polar surface area (TPSA) is 81.4 Å². The van der Waals surface area contributed by atoms with Gasteiger partial charge >= 0.3 is 0 Å². The molecule has 7 nitrogen and oxygen atoms in total. The number of thiophene rings is 1. The number of aryl methyl sites for hydroxylation is 2. The van der Waals surface area contributed by atoms with Gasteiger partial charge in [0, 0.05) is 29.9 Å². The average molecular weight is 345 g/mol. The van der Waals surface area contributed by atoms with E-state index in [-0.39, 0.29) is 18.4 Å². The quantitative estimate of drug-likeness (QED) is 0.737. The van der Waals surface area contributed by atoms with Crippen molar-refractivity contribution in [2.45, 2.75) is 26.4 Å². The highest BCUT2D eigenvalue weighted by molar-refractivity contribution is 7.10. The summed E-state index contributed by atoms with van der Waals surface area (Å²) < 4.78 is 7.07. The Bertz CT molecular complexity index is 844. The van der Waals surface area contributed by atoms with E-state index in [2.05, 4.69) is 20.4 Å². The Morgan fingerprint density at radius 1 is 1.42 bits per heavy atom. The molecule has 0 radical (unpaired) electrons. The second-order valence-electron chi connectivity index (χ2n) is 5.50. The molecular weight excluding hydrogens is 326 g/mol. The van der Waals surface area contributed by atoms with Crippen LogP contribution in [0.15, 0.2) is 23.6 Å². The largest absolute Gasteiger partial charge is 0.374 e. The van der Waals surface area contributed by atoms with Crippen molar-refractivity contribution in [2.75, 3.05) is 13.7 Å². The van der Waals surface area contributed by atoms with Crippen LogP contribution in [0.25, 0.3) is 5.78 Å². The molecule has 0 saturated heterocycles. The molecule has 0 aliphatic carbocycles. The van der Waals surface area contributed by atoms with Crippen LogP contribution >= 0.6 is 11.3 Å². The minimum atomic E-state index is -0.144. The number of fused-ring (bicyclic) bond motifs is 1. The van der Waals surface area contributed by atoms with Crippen LogP contribution in [-0.4, -0.2) is 39.1 Å². The summed E-state index contributed by atoms with van der Waals surface area (Å²) >= 11 is 1.60. The Labute approximate surface area is 143 Å². The molecule has 1 atom stereocenters. The van der Waals surface area contributed by atoms with Gasteiger partial charge in [0.15, 0.2) is 5.82 Å². The molecule has 0 aromatic carbocycles. The minimum Gasteiger partial charge on any atom is -0.374 e. The Morgan fingerprint density at radius 2 is 2.25 bits per heavy atom. The summed E-state index contributed by atoms with van der Waals surface area (Å²) in [6.45, 7) is 4.26. The number of ether oxygens (including phenoxy) is 1. The van der Waals surface area contributed by atoms with Gasteiger partial charge in [-0.15, -0.1) is 16.4 Å². The first kappa shape index (κ1) is 16.5. The lowest BCUT2D eigenvalue weighted by Crippen LogP contribution is -2.30. The molecule has 1 N–H and O–H groups in total. The maximum absolute atomic E-state index is 12.2. The van der Waals surface area contributed by atoms with Crippen LogP contribution in [-0.2, 0) is 16.0 Å². The second-order valence-corrected chi connectivity index (χ2v) is 6.48. The maximum atomic E-state index is 12.2. The summed E-state index contributed by atoms with van der Waals surface area (Å²) in [6.07, 6.45) is -0.0301. The molecule has 0 aliphatic rings. The first-order valence-electron chi connectivity index (χ1n) is 7.59. The fraction of sp³-hybridized carbons (Fsp3) is 0.375. The van der Waals surface area contributed by atoms with E-state index >= 15 is 0 Å². The smallest absolute Gasteiger partial charge is 0.252 e. The van der Waals surface area contributed by atoms with Crippen molar-refractivity contribution in [3.05, 3.63) is 45.7 Å². The van der Waals surface area contributed by atoms with Crippen LogP contribution in [0.3, 0.4) is 0 Å². The molecule has 126 valence electrons. The zero-order chi connectivity index (χ0) is 17.1. The first-order valence-corrected chi connectivity index (χ1v) is 8.47. The number of rotatable bonds is 6. The fourth-order valence-corrected chi connectivity index (χ4v) is 3.27. The van der Waals surface area contributed by atoms with E-state index in [0.29, 0.717) is 18.1 Å². The van der Waals surface area contributed by atoms with Crippen LogP contribution in [0.1, 0.15) is 28.2 Å². The van der Waals surface area contributed by atoms with Gasteiger partial charge in [0.25, 0.3) is 5.78 Å². The molecule has 0 saturated carbocycles. The normalized spacial score (nSPS) is 12.5. The Balaban J connectivity index is 1.63. The van der Waals surface area contributed by atoms with Crippen molar-refractivity contribution < 1.29 is 9.53 Å². The molecule has 0 aliphatic heterocycles. The number of nitrogens with one attached hydrogen (secondary N) is 1. The summed E-state index contributed by atoms with van der Waals surface area (Å²) in [6, 6.07) is 5.88. The van der Waals surface area contributed by atoms with E-state index in [9.17, 15) is 4.79 Å². The number of methoxy groups -OCH3 is 1. The van der Waals surface area contributed by atoms with E-state index in [4.69, 9.17) is 4.74 Å². The maximum Gasteiger partial charge on any atom is 0.252 e. The zero-order valence-corrected chi connectivity index (χ0v) is 14.6. The molecule has 24 heavy (non-hydrogen) atoms. The lowest BCUT2D eigenvalue weighted by molar-refractivity contribution is -0.121. The second kappa shape index (κ2) is 7.06. The van der Waals surface area contributed by atoms with Gasteiger partial charge in [0.1, 0.15) is 6.10 Å². The van der Waals surface area contributed by atoms with Crippen molar-refractivity contribution >= 4 is 23.0 Å². The van der Waals surface area contributed by atoms with Crippen molar-refractivity contribution in [1.82, 2.24) is 24.9 Å². The SMILES string of the molecule is CO[C@H](CNC(=O)Cc1nc2nc(C)cc(C)n2n1)c1cccs1. The van der Waals surface area contributed by atoms with Crippen LogP contribution in [0.4, 0.5) is 0 Å². The highest BCUT2D eigenvalue weighted by Gasteiger charge is 2.15. The third-order valence-electron chi connectivity index (χ3n) is 3.61. The molecule has 3 heterocycles. The van der Waals surface area contributed by atoms with Crippen molar-refractivity contribution in [1.29, 1.82) is 0 Å². The van der Waals surface area contributed by atoms with E-state index in [1.54, 1.807) is 23.0 Å². The molecule has 1 amide bonds. The monoisotopic (exact) mass is 345 g/mol. The highest BCUT2D eigenvalue weighted by Crippen LogP contribution is 2.20. The highest BCUT2D eigenvalue weighted by atomic mass is 32.1. The van der Waals surface area contributed by atoms with Crippen molar-refractivity contribution in [3.63, 3.8) is 0 Å². The molecule has 0 fully saturated rings. The lowest BCUT2D eigenvalue weighted by atomic mass is 10.3. The van der Waals surface area contributed by atoms with Gasteiger partial charge in [-0.25, -0.2) is 9.50 Å². The molecule has 3 rings (SSSR count). The zero-order valence-electron chi connectivity index (χ0n) is 13.8. The summed E-state index contributed by atoms with van der Waals surface area (Å²) in [5.74, 6) is 0.835. The summed E-state index contributed by atoms with van der Waals surface area (Å²) in [4.78, 5) is 21.9. The molecule has 0 spiro atoms. The van der Waals surface area contributed by atoms with Crippen LogP contribution in [0.5, 0.6) is 0 Å². The molecule has 3 aromatic rings. The van der Waals surface area contributed by atoms with Gasteiger partial charge in [-0.05, 0) is 31.4 Å². The Hall–Kier alpha value is -2.32. The lowest BCUT2D eigenvalue weighted by Gasteiger charge is -2.14. The predicted octanol–water partition coefficient (Wildman–Crippen LogP) is 1.85. The van der Waals surface area contributed by atoms with Gasteiger partial charge in [-0.3, -0.25) is 4.79 Å². The van der Waals surface area contributed by atoms with Gasteiger partial charge in [-0.1, -0.05) is 6.07 Å². The van der Waals surface area contributed by atoms with E-state index in [1.165, 1.54) is 0 Å². The Morgan fingerprint density at radius 3 is 2.96 bits per heavy atom. The number of carbonyl (C=O) groups is 1.